The van der Waals surface area contributed by atoms with Crippen LogP contribution < -0.4 is 10.6 Å². The van der Waals surface area contributed by atoms with E-state index in [4.69, 9.17) is 4.74 Å². The number of hydrogen-bond acceptors (Lipinski definition) is 5. The normalized spacial score (nSPS) is 10.2. The lowest BCUT2D eigenvalue weighted by atomic mass is 10.2. The second-order valence-corrected chi connectivity index (χ2v) is 6.12. The molecule has 0 spiro atoms. The van der Waals surface area contributed by atoms with Gasteiger partial charge in [-0.25, -0.2) is 9.78 Å². The summed E-state index contributed by atoms with van der Waals surface area (Å²) in [6.07, 6.45) is 1.58. The van der Waals surface area contributed by atoms with Crippen molar-refractivity contribution in [1.82, 2.24) is 4.98 Å². The number of aryl methyl sites for hydroxylation is 1. The number of benzene rings is 2. The molecule has 0 aliphatic carbocycles. The van der Waals surface area contributed by atoms with Crippen molar-refractivity contribution in [2.75, 3.05) is 17.2 Å². The Hall–Kier alpha value is -3.67. The van der Waals surface area contributed by atoms with Gasteiger partial charge in [-0.15, -0.1) is 0 Å². The van der Waals surface area contributed by atoms with Crippen LogP contribution in [0, 0.1) is 6.92 Å². The van der Waals surface area contributed by atoms with Crippen molar-refractivity contribution in [3.8, 4) is 0 Å². The van der Waals surface area contributed by atoms with Gasteiger partial charge in [0.2, 0.25) is 0 Å². The molecule has 0 unspecified atom stereocenters. The fraction of sp³-hybridized carbons (Fsp3) is 0.136. The smallest absolute Gasteiger partial charge is 0.338 e. The number of carbonyl (C=O) groups excluding carboxylic acids is 2. The third-order valence-corrected chi connectivity index (χ3v) is 4.08. The molecule has 0 aliphatic heterocycles. The molecule has 142 valence electrons. The molecule has 2 aromatic carbocycles. The highest BCUT2D eigenvalue weighted by Crippen LogP contribution is 2.20. The molecule has 0 aliphatic rings. The first-order valence-electron chi connectivity index (χ1n) is 8.94. The van der Waals surface area contributed by atoms with Gasteiger partial charge in [0.05, 0.1) is 12.2 Å². The van der Waals surface area contributed by atoms with Crippen LogP contribution in [0.2, 0.25) is 0 Å². The van der Waals surface area contributed by atoms with E-state index in [1.807, 2.05) is 31.2 Å². The monoisotopic (exact) mass is 375 g/mol. The summed E-state index contributed by atoms with van der Waals surface area (Å²) in [4.78, 5) is 28.5. The Balaban J connectivity index is 1.69. The fourth-order valence-electron chi connectivity index (χ4n) is 2.60. The van der Waals surface area contributed by atoms with Crippen LogP contribution in [0.25, 0.3) is 0 Å². The number of para-hydroxylation sites is 1. The zero-order valence-corrected chi connectivity index (χ0v) is 15.7. The molecule has 1 aromatic heterocycles. The molecule has 0 saturated carbocycles. The predicted molar refractivity (Wildman–Crippen MR) is 109 cm³/mol. The predicted octanol–water partition coefficient (Wildman–Crippen LogP) is 4.56. The van der Waals surface area contributed by atoms with Crippen LogP contribution in [-0.4, -0.2) is 23.5 Å². The van der Waals surface area contributed by atoms with Crippen LogP contribution >= 0.6 is 0 Å². The summed E-state index contributed by atoms with van der Waals surface area (Å²) in [6, 6.07) is 17.7. The van der Waals surface area contributed by atoms with Crippen molar-refractivity contribution in [1.29, 1.82) is 0 Å². The summed E-state index contributed by atoms with van der Waals surface area (Å²) in [5.41, 5.74) is 3.51. The summed E-state index contributed by atoms with van der Waals surface area (Å²) in [7, 11) is 0. The van der Waals surface area contributed by atoms with Gasteiger partial charge in [-0.1, -0.05) is 18.2 Å². The van der Waals surface area contributed by atoms with E-state index >= 15 is 0 Å². The van der Waals surface area contributed by atoms with E-state index in [0.29, 0.717) is 29.2 Å². The molecule has 0 saturated heterocycles. The van der Waals surface area contributed by atoms with Crippen molar-refractivity contribution in [2.24, 2.45) is 0 Å². The van der Waals surface area contributed by atoms with Crippen LogP contribution in [0.4, 0.5) is 17.2 Å². The lowest BCUT2D eigenvalue weighted by Gasteiger charge is -2.10. The van der Waals surface area contributed by atoms with E-state index in [1.54, 1.807) is 49.5 Å². The number of hydrogen-bond donors (Lipinski definition) is 2. The number of esters is 1. The van der Waals surface area contributed by atoms with Gasteiger partial charge in [-0.3, -0.25) is 4.79 Å². The quantitative estimate of drug-likeness (QED) is 0.617. The van der Waals surface area contributed by atoms with Crippen LogP contribution in [0.1, 0.15) is 33.2 Å². The number of rotatable bonds is 6. The molecule has 3 aromatic rings. The van der Waals surface area contributed by atoms with Gasteiger partial charge in [0.1, 0.15) is 5.82 Å². The number of nitrogens with one attached hydrogen (secondary N) is 2. The van der Waals surface area contributed by atoms with Gasteiger partial charge in [-0.2, -0.15) is 0 Å². The summed E-state index contributed by atoms with van der Waals surface area (Å²) in [6.45, 7) is 4.07. The highest BCUT2D eigenvalue weighted by atomic mass is 16.5. The Morgan fingerprint density at radius 3 is 2.46 bits per heavy atom. The Morgan fingerprint density at radius 2 is 1.75 bits per heavy atom. The maximum Gasteiger partial charge on any atom is 0.338 e. The molecular weight excluding hydrogens is 354 g/mol. The van der Waals surface area contributed by atoms with Crippen molar-refractivity contribution >= 4 is 29.1 Å². The van der Waals surface area contributed by atoms with Crippen LogP contribution in [0.3, 0.4) is 0 Å². The molecular formula is C22H21N3O3. The fourth-order valence-corrected chi connectivity index (χ4v) is 2.60. The van der Waals surface area contributed by atoms with E-state index in [1.165, 1.54) is 0 Å². The van der Waals surface area contributed by atoms with E-state index in [2.05, 4.69) is 15.6 Å². The number of amides is 1. The summed E-state index contributed by atoms with van der Waals surface area (Å²) >= 11 is 0. The van der Waals surface area contributed by atoms with E-state index in [-0.39, 0.29) is 11.9 Å². The zero-order valence-electron chi connectivity index (χ0n) is 15.7. The minimum absolute atomic E-state index is 0.265. The summed E-state index contributed by atoms with van der Waals surface area (Å²) in [5.74, 6) is -0.0693. The van der Waals surface area contributed by atoms with Gasteiger partial charge >= 0.3 is 5.97 Å². The van der Waals surface area contributed by atoms with E-state index < -0.39 is 0 Å². The summed E-state index contributed by atoms with van der Waals surface area (Å²) < 4.78 is 4.95. The second kappa shape index (κ2) is 8.81. The molecule has 0 atom stereocenters. The zero-order chi connectivity index (χ0) is 19.9. The second-order valence-electron chi connectivity index (χ2n) is 6.12. The van der Waals surface area contributed by atoms with Gasteiger partial charge in [0.25, 0.3) is 5.91 Å². The SMILES string of the molecule is CCOC(=O)c1ccc(NC(=O)c2ccnc(Nc3ccccc3C)c2)cc1. The third-order valence-electron chi connectivity index (χ3n) is 4.08. The first-order valence-corrected chi connectivity index (χ1v) is 8.94. The van der Waals surface area contributed by atoms with Crippen molar-refractivity contribution < 1.29 is 14.3 Å². The van der Waals surface area contributed by atoms with E-state index in [0.717, 1.165) is 11.3 Å². The molecule has 28 heavy (non-hydrogen) atoms. The van der Waals surface area contributed by atoms with Crippen molar-refractivity contribution in [2.45, 2.75) is 13.8 Å². The standard InChI is InChI=1S/C22H21N3O3/c1-3-28-22(27)16-8-10-18(11-9-16)24-21(26)17-12-13-23-20(14-17)25-19-7-5-4-6-15(19)2/h4-14H,3H2,1-2H3,(H,23,25)(H,24,26). The molecule has 2 N–H and O–H groups in total. The largest absolute Gasteiger partial charge is 0.462 e. The number of aromatic nitrogens is 1. The van der Waals surface area contributed by atoms with E-state index in [9.17, 15) is 9.59 Å². The third kappa shape index (κ3) is 4.73. The minimum atomic E-state index is -0.388. The highest BCUT2D eigenvalue weighted by Gasteiger charge is 2.10. The first kappa shape index (κ1) is 19.1. The van der Waals surface area contributed by atoms with Gasteiger partial charge < -0.3 is 15.4 Å². The minimum Gasteiger partial charge on any atom is -0.462 e. The topological polar surface area (TPSA) is 80.3 Å². The maximum absolute atomic E-state index is 12.5. The van der Waals surface area contributed by atoms with Gasteiger partial charge in [0, 0.05) is 23.1 Å². The number of ether oxygens (including phenoxy) is 1. The molecule has 0 bridgehead atoms. The van der Waals surface area contributed by atoms with Crippen LogP contribution in [0.15, 0.2) is 66.9 Å². The number of nitrogens with zero attached hydrogens (tertiary/aromatic N) is 1. The van der Waals surface area contributed by atoms with Crippen molar-refractivity contribution in [3.63, 3.8) is 0 Å². The Labute approximate surface area is 163 Å². The molecule has 6 nitrogen and oxygen atoms in total. The van der Waals surface area contributed by atoms with Gasteiger partial charge in [-0.05, 0) is 61.9 Å². The molecule has 0 radical (unpaired) electrons. The molecule has 1 amide bonds. The van der Waals surface area contributed by atoms with Crippen LogP contribution in [0.5, 0.6) is 0 Å². The lowest BCUT2D eigenvalue weighted by molar-refractivity contribution is 0.0526. The Kier molecular flexibility index (Phi) is 6.01. The van der Waals surface area contributed by atoms with Gasteiger partial charge in [0.15, 0.2) is 0 Å². The molecule has 1 heterocycles. The lowest BCUT2D eigenvalue weighted by Crippen LogP contribution is -2.13. The number of anilines is 3. The molecule has 0 fully saturated rings. The average molecular weight is 375 g/mol. The average Bonchev–Trinajstić information content (AvgIpc) is 2.71. The Bertz CT molecular complexity index is 984. The highest BCUT2D eigenvalue weighted by molar-refractivity contribution is 6.05. The summed E-state index contributed by atoms with van der Waals surface area (Å²) in [5, 5.41) is 6.03. The Morgan fingerprint density at radius 1 is 1.00 bits per heavy atom. The number of carbonyl (C=O) groups is 2. The molecule has 6 heteroatoms. The number of pyridine rings is 1. The maximum atomic E-state index is 12.5. The van der Waals surface area contributed by atoms with Crippen molar-refractivity contribution in [3.05, 3.63) is 83.6 Å². The first-order chi connectivity index (χ1) is 13.6. The molecule has 3 rings (SSSR count). The van der Waals surface area contributed by atoms with Crippen LogP contribution in [-0.2, 0) is 4.74 Å².